The van der Waals surface area contributed by atoms with E-state index in [1.807, 2.05) is 16.3 Å². The van der Waals surface area contributed by atoms with E-state index in [1.54, 1.807) is 11.3 Å². The molecular weight excluding hydrogens is 298 g/mol. The van der Waals surface area contributed by atoms with Crippen LogP contribution in [0.5, 0.6) is 0 Å². The van der Waals surface area contributed by atoms with Gasteiger partial charge >= 0.3 is 0 Å². The van der Waals surface area contributed by atoms with Crippen LogP contribution < -0.4 is 0 Å². The maximum absolute atomic E-state index is 12.2. The monoisotopic (exact) mass is 315 g/mol. The second-order valence-corrected chi connectivity index (χ2v) is 6.95. The van der Waals surface area contributed by atoms with Crippen LogP contribution in [-0.2, 0) is 0 Å². The van der Waals surface area contributed by atoms with Crippen molar-refractivity contribution in [1.82, 2.24) is 4.90 Å². The Morgan fingerprint density at radius 3 is 2.76 bits per heavy atom. The van der Waals surface area contributed by atoms with Gasteiger partial charge in [-0.05, 0) is 40.8 Å². The molecule has 2 rings (SSSR count). The number of hydrogen-bond acceptors (Lipinski definition) is 2. The van der Waals surface area contributed by atoms with E-state index in [-0.39, 0.29) is 5.91 Å². The molecule has 0 unspecified atom stereocenters. The lowest BCUT2D eigenvalue weighted by Gasteiger charge is -2.31. The standard InChI is InChI=1S/C13H18BrNOS/c1-2-3-10-4-6-15(7-5-10)13(16)11-8-12(14)17-9-11/h8-10H,2-7H2,1H3. The number of carbonyl (C=O) groups excluding carboxylic acids is 1. The summed E-state index contributed by atoms with van der Waals surface area (Å²) >= 11 is 4.98. The lowest BCUT2D eigenvalue weighted by molar-refractivity contribution is 0.0687. The molecule has 1 fully saturated rings. The number of amides is 1. The molecule has 0 spiro atoms. The van der Waals surface area contributed by atoms with Gasteiger partial charge in [-0.25, -0.2) is 0 Å². The fraction of sp³-hybridized carbons (Fsp3) is 0.615. The molecule has 2 heterocycles. The smallest absolute Gasteiger partial charge is 0.254 e. The van der Waals surface area contributed by atoms with Crippen LogP contribution in [0.1, 0.15) is 43.0 Å². The molecule has 94 valence electrons. The first-order valence-corrected chi connectivity index (χ1v) is 7.91. The predicted octanol–water partition coefficient (Wildman–Crippen LogP) is 4.16. The van der Waals surface area contributed by atoms with Gasteiger partial charge in [-0.15, -0.1) is 11.3 Å². The first-order valence-electron chi connectivity index (χ1n) is 6.24. The molecule has 1 amide bonds. The molecule has 1 aromatic rings. The van der Waals surface area contributed by atoms with Gasteiger partial charge in [-0.2, -0.15) is 0 Å². The topological polar surface area (TPSA) is 20.3 Å². The van der Waals surface area contributed by atoms with Gasteiger partial charge in [0.2, 0.25) is 0 Å². The number of nitrogens with zero attached hydrogens (tertiary/aromatic N) is 1. The number of hydrogen-bond donors (Lipinski definition) is 0. The van der Waals surface area contributed by atoms with Crippen molar-refractivity contribution in [3.63, 3.8) is 0 Å². The van der Waals surface area contributed by atoms with Gasteiger partial charge in [-0.3, -0.25) is 4.79 Å². The van der Waals surface area contributed by atoms with Crippen LogP contribution >= 0.6 is 27.3 Å². The lowest BCUT2D eigenvalue weighted by atomic mass is 9.92. The number of rotatable bonds is 3. The molecule has 0 saturated carbocycles. The van der Waals surface area contributed by atoms with E-state index >= 15 is 0 Å². The minimum Gasteiger partial charge on any atom is -0.339 e. The zero-order valence-corrected chi connectivity index (χ0v) is 12.5. The Balaban J connectivity index is 1.90. The Bertz CT molecular complexity index is 383. The summed E-state index contributed by atoms with van der Waals surface area (Å²) in [6.45, 7) is 4.09. The van der Waals surface area contributed by atoms with Gasteiger partial charge in [-0.1, -0.05) is 19.8 Å². The van der Waals surface area contributed by atoms with Gasteiger partial charge in [0.05, 0.1) is 9.35 Å². The van der Waals surface area contributed by atoms with Crippen LogP contribution in [0.15, 0.2) is 15.2 Å². The van der Waals surface area contributed by atoms with Crippen LogP contribution in [0.25, 0.3) is 0 Å². The predicted molar refractivity (Wildman–Crippen MR) is 75.6 cm³/mol. The summed E-state index contributed by atoms with van der Waals surface area (Å²) in [5, 5.41) is 1.94. The van der Waals surface area contributed by atoms with E-state index in [0.29, 0.717) is 0 Å². The van der Waals surface area contributed by atoms with Crippen LogP contribution in [0.4, 0.5) is 0 Å². The first-order chi connectivity index (χ1) is 8.20. The van der Waals surface area contributed by atoms with E-state index in [4.69, 9.17) is 0 Å². The fourth-order valence-corrected chi connectivity index (χ4v) is 3.57. The summed E-state index contributed by atoms with van der Waals surface area (Å²) in [6.07, 6.45) is 4.91. The molecule has 0 N–H and O–H groups in total. The maximum atomic E-state index is 12.2. The van der Waals surface area contributed by atoms with E-state index < -0.39 is 0 Å². The van der Waals surface area contributed by atoms with Gasteiger partial charge < -0.3 is 4.90 Å². The highest BCUT2D eigenvalue weighted by molar-refractivity contribution is 9.11. The minimum atomic E-state index is 0.196. The Labute approximate surface area is 115 Å². The molecule has 0 aromatic carbocycles. The summed E-state index contributed by atoms with van der Waals surface area (Å²) in [5.74, 6) is 1.03. The second-order valence-electron chi connectivity index (χ2n) is 4.66. The van der Waals surface area contributed by atoms with Crippen molar-refractivity contribution in [1.29, 1.82) is 0 Å². The number of thiophene rings is 1. The SMILES string of the molecule is CCCC1CCN(C(=O)c2csc(Br)c2)CC1. The minimum absolute atomic E-state index is 0.196. The van der Waals surface area contributed by atoms with Crippen molar-refractivity contribution >= 4 is 33.2 Å². The van der Waals surface area contributed by atoms with Gasteiger partial charge in [0.25, 0.3) is 5.91 Å². The van der Waals surface area contributed by atoms with Crippen LogP contribution in [-0.4, -0.2) is 23.9 Å². The Morgan fingerprint density at radius 1 is 1.53 bits per heavy atom. The molecule has 2 nitrogen and oxygen atoms in total. The molecule has 4 heteroatoms. The Hall–Kier alpha value is -0.350. The number of piperidine rings is 1. The molecule has 0 aliphatic carbocycles. The van der Waals surface area contributed by atoms with E-state index in [2.05, 4.69) is 22.9 Å². The highest BCUT2D eigenvalue weighted by Crippen LogP contribution is 2.25. The Kier molecular flexibility index (Phi) is 4.62. The van der Waals surface area contributed by atoms with Crippen LogP contribution in [0.3, 0.4) is 0 Å². The molecule has 1 aliphatic heterocycles. The third-order valence-electron chi connectivity index (χ3n) is 3.41. The van der Waals surface area contributed by atoms with Gasteiger partial charge in [0.15, 0.2) is 0 Å². The van der Waals surface area contributed by atoms with Crippen molar-refractivity contribution < 1.29 is 4.79 Å². The van der Waals surface area contributed by atoms with Crippen molar-refractivity contribution in [2.45, 2.75) is 32.6 Å². The molecule has 0 radical (unpaired) electrons. The van der Waals surface area contributed by atoms with E-state index in [1.165, 1.54) is 25.7 Å². The van der Waals surface area contributed by atoms with Crippen LogP contribution in [0.2, 0.25) is 0 Å². The summed E-state index contributed by atoms with van der Waals surface area (Å²) in [4.78, 5) is 14.2. The molecule has 0 atom stereocenters. The maximum Gasteiger partial charge on any atom is 0.254 e. The third kappa shape index (κ3) is 3.32. The number of carbonyl (C=O) groups is 1. The molecule has 0 bridgehead atoms. The van der Waals surface area contributed by atoms with Crippen molar-refractivity contribution in [2.24, 2.45) is 5.92 Å². The number of halogens is 1. The van der Waals surface area contributed by atoms with Crippen molar-refractivity contribution in [3.05, 3.63) is 20.8 Å². The van der Waals surface area contributed by atoms with Gasteiger partial charge in [0, 0.05) is 18.5 Å². The average Bonchev–Trinajstić information content (AvgIpc) is 2.76. The molecular formula is C13H18BrNOS. The van der Waals surface area contributed by atoms with Crippen molar-refractivity contribution in [2.75, 3.05) is 13.1 Å². The van der Waals surface area contributed by atoms with Crippen molar-refractivity contribution in [3.8, 4) is 0 Å². The lowest BCUT2D eigenvalue weighted by Crippen LogP contribution is -2.38. The highest BCUT2D eigenvalue weighted by Gasteiger charge is 2.23. The molecule has 1 saturated heterocycles. The quantitative estimate of drug-likeness (QED) is 0.820. The fourth-order valence-electron chi connectivity index (χ4n) is 2.44. The molecule has 17 heavy (non-hydrogen) atoms. The Morgan fingerprint density at radius 2 is 2.24 bits per heavy atom. The normalized spacial score (nSPS) is 17.4. The zero-order chi connectivity index (χ0) is 12.3. The molecule has 1 aromatic heterocycles. The largest absolute Gasteiger partial charge is 0.339 e. The van der Waals surface area contributed by atoms with E-state index in [9.17, 15) is 4.79 Å². The number of likely N-dealkylation sites (tertiary alicyclic amines) is 1. The summed E-state index contributed by atoms with van der Waals surface area (Å²) in [7, 11) is 0. The summed E-state index contributed by atoms with van der Waals surface area (Å²) < 4.78 is 1.03. The second kappa shape index (κ2) is 6.01. The van der Waals surface area contributed by atoms with Gasteiger partial charge in [0.1, 0.15) is 0 Å². The third-order valence-corrected chi connectivity index (χ3v) is 4.92. The highest BCUT2D eigenvalue weighted by atomic mass is 79.9. The first kappa shape index (κ1) is 13.1. The average molecular weight is 316 g/mol. The van der Waals surface area contributed by atoms with E-state index in [0.717, 1.165) is 28.4 Å². The zero-order valence-electron chi connectivity index (χ0n) is 10.1. The molecule has 1 aliphatic rings. The summed E-state index contributed by atoms with van der Waals surface area (Å²) in [6, 6.07) is 1.92. The van der Waals surface area contributed by atoms with Crippen LogP contribution in [0, 0.1) is 5.92 Å². The summed E-state index contributed by atoms with van der Waals surface area (Å²) in [5.41, 5.74) is 0.829.